The maximum absolute atomic E-state index is 14.6. The van der Waals surface area contributed by atoms with Crippen LogP contribution in [0.25, 0.3) is 21.2 Å². The average molecular weight is 457 g/mol. The molecule has 2 aromatic heterocycles. The van der Waals surface area contributed by atoms with Crippen LogP contribution in [0.5, 0.6) is 0 Å². The van der Waals surface area contributed by atoms with Gasteiger partial charge in [0.25, 0.3) is 0 Å². The lowest BCUT2D eigenvalue weighted by molar-refractivity contribution is 0.262. The van der Waals surface area contributed by atoms with Gasteiger partial charge in [-0.3, -0.25) is 0 Å². The minimum absolute atomic E-state index is 0.0851. The van der Waals surface area contributed by atoms with Crippen LogP contribution in [-0.4, -0.2) is 11.0 Å². The van der Waals surface area contributed by atoms with Gasteiger partial charge >= 0.3 is 6.03 Å². The first kappa shape index (κ1) is 18.4. The number of benzene rings is 2. The first-order valence-electron chi connectivity index (χ1n) is 8.26. The number of amides is 2. The molecule has 0 unspecified atom stereocenters. The molecule has 0 spiro atoms. The van der Waals surface area contributed by atoms with E-state index in [9.17, 15) is 9.18 Å². The van der Waals surface area contributed by atoms with E-state index in [1.165, 1.54) is 23.5 Å². The Labute approximate surface area is 172 Å². The van der Waals surface area contributed by atoms with Crippen LogP contribution in [0.4, 0.5) is 26.4 Å². The quantitative estimate of drug-likeness (QED) is 0.348. The van der Waals surface area contributed by atoms with Crippen molar-refractivity contribution in [3.8, 4) is 11.1 Å². The Bertz CT molecular complexity index is 1190. The lowest BCUT2D eigenvalue weighted by Gasteiger charge is -2.10. The van der Waals surface area contributed by atoms with Crippen molar-refractivity contribution < 1.29 is 9.18 Å². The van der Waals surface area contributed by atoms with Crippen molar-refractivity contribution in [3.05, 3.63) is 70.4 Å². The number of urea groups is 1. The van der Waals surface area contributed by atoms with Crippen LogP contribution in [0.15, 0.2) is 64.6 Å². The molecule has 28 heavy (non-hydrogen) atoms. The molecule has 5 nitrogen and oxygen atoms in total. The molecule has 0 bridgehead atoms. The maximum Gasteiger partial charge on any atom is 0.323 e. The number of carbonyl (C=O) groups is 1. The Balaban J connectivity index is 1.57. The number of thiophene rings is 1. The Kier molecular flexibility index (Phi) is 4.97. The molecule has 0 radical (unpaired) electrons. The summed E-state index contributed by atoms with van der Waals surface area (Å²) < 4.78 is 16.4. The third kappa shape index (κ3) is 3.69. The van der Waals surface area contributed by atoms with E-state index in [2.05, 4.69) is 31.5 Å². The topological polar surface area (TPSA) is 80.0 Å². The van der Waals surface area contributed by atoms with Crippen molar-refractivity contribution in [2.75, 3.05) is 16.4 Å². The minimum atomic E-state index is -0.538. The number of fused-ring (bicyclic) bond motifs is 1. The van der Waals surface area contributed by atoms with Gasteiger partial charge < -0.3 is 16.4 Å². The van der Waals surface area contributed by atoms with Gasteiger partial charge in [-0.05, 0) is 47.3 Å². The lowest BCUT2D eigenvalue weighted by Crippen LogP contribution is -2.20. The number of rotatable bonds is 3. The standard InChI is InChI=1S/C20H14BrFN4OS/c21-12-2-1-3-13(9-12)25-20(27)26-16-5-4-11(8-15(16)22)14-10-28-17-6-7-24-19(23)18(14)17/h1-10H,(H2,23,24)(H2,25,26,27). The van der Waals surface area contributed by atoms with Crippen LogP contribution in [0.2, 0.25) is 0 Å². The van der Waals surface area contributed by atoms with Gasteiger partial charge in [-0.2, -0.15) is 0 Å². The summed E-state index contributed by atoms with van der Waals surface area (Å²) in [6.07, 6.45) is 1.65. The Morgan fingerprint density at radius 3 is 2.79 bits per heavy atom. The Hall–Kier alpha value is -2.97. The van der Waals surface area contributed by atoms with Crippen LogP contribution in [-0.2, 0) is 0 Å². The minimum Gasteiger partial charge on any atom is -0.383 e. The summed E-state index contributed by atoms with van der Waals surface area (Å²) in [7, 11) is 0. The van der Waals surface area contributed by atoms with Gasteiger partial charge in [0.1, 0.15) is 11.6 Å². The van der Waals surface area contributed by atoms with Crippen molar-refractivity contribution in [1.29, 1.82) is 0 Å². The first-order valence-corrected chi connectivity index (χ1v) is 9.94. The van der Waals surface area contributed by atoms with Crippen LogP contribution >= 0.6 is 27.3 Å². The van der Waals surface area contributed by atoms with Crippen molar-refractivity contribution >= 4 is 60.6 Å². The third-order valence-corrected chi connectivity index (χ3v) is 5.57. The molecule has 0 atom stereocenters. The zero-order valence-corrected chi connectivity index (χ0v) is 16.8. The molecule has 2 amide bonds. The molecule has 0 aliphatic heterocycles. The SMILES string of the molecule is Nc1nccc2scc(-c3ccc(NC(=O)Nc4cccc(Br)c4)c(F)c3)c12. The summed E-state index contributed by atoms with van der Waals surface area (Å²) in [5.41, 5.74) is 8.15. The third-order valence-electron chi connectivity index (χ3n) is 4.13. The molecule has 4 rings (SSSR count). The van der Waals surface area contributed by atoms with Crippen molar-refractivity contribution in [2.45, 2.75) is 0 Å². The van der Waals surface area contributed by atoms with E-state index in [1.807, 2.05) is 17.5 Å². The number of nitrogen functional groups attached to an aromatic ring is 1. The highest BCUT2D eigenvalue weighted by atomic mass is 79.9. The number of halogens is 2. The maximum atomic E-state index is 14.6. The van der Waals surface area contributed by atoms with Crippen LogP contribution in [0.1, 0.15) is 0 Å². The average Bonchev–Trinajstić information content (AvgIpc) is 3.09. The fourth-order valence-electron chi connectivity index (χ4n) is 2.86. The summed E-state index contributed by atoms with van der Waals surface area (Å²) in [5, 5.41) is 7.91. The number of nitrogens with two attached hydrogens (primary N) is 1. The number of hydrogen-bond acceptors (Lipinski definition) is 4. The van der Waals surface area contributed by atoms with E-state index < -0.39 is 11.8 Å². The van der Waals surface area contributed by atoms with E-state index in [1.54, 1.807) is 30.5 Å². The van der Waals surface area contributed by atoms with Crippen molar-refractivity contribution in [3.63, 3.8) is 0 Å². The fourth-order valence-corrected chi connectivity index (χ4v) is 4.23. The highest BCUT2D eigenvalue weighted by Gasteiger charge is 2.13. The Morgan fingerprint density at radius 1 is 1.14 bits per heavy atom. The van der Waals surface area contributed by atoms with E-state index in [0.717, 1.165) is 20.1 Å². The normalized spacial score (nSPS) is 10.8. The van der Waals surface area contributed by atoms with Crippen LogP contribution in [0, 0.1) is 5.82 Å². The second-order valence-electron chi connectivity index (χ2n) is 6.00. The van der Waals surface area contributed by atoms with Gasteiger partial charge in [0.2, 0.25) is 0 Å². The fraction of sp³-hybridized carbons (Fsp3) is 0. The number of pyridine rings is 1. The largest absolute Gasteiger partial charge is 0.383 e. The summed E-state index contributed by atoms with van der Waals surface area (Å²) >= 11 is 4.86. The molecule has 0 aliphatic carbocycles. The molecule has 0 fully saturated rings. The molecule has 4 aromatic rings. The zero-order chi connectivity index (χ0) is 19.7. The van der Waals surface area contributed by atoms with E-state index >= 15 is 0 Å². The molecule has 8 heteroatoms. The number of nitrogens with one attached hydrogen (secondary N) is 2. The number of aromatic nitrogens is 1. The predicted octanol–water partition coefficient (Wildman–Crippen LogP) is 6.09. The highest BCUT2D eigenvalue weighted by Crippen LogP contribution is 2.37. The Morgan fingerprint density at radius 2 is 2.00 bits per heavy atom. The second-order valence-corrected chi connectivity index (χ2v) is 7.83. The molecule has 2 heterocycles. The number of carbonyl (C=O) groups excluding carboxylic acids is 1. The van der Waals surface area contributed by atoms with Crippen molar-refractivity contribution in [2.24, 2.45) is 0 Å². The summed E-state index contributed by atoms with van der Waals surface area (Å²) in [4.78, 5) is 16.3. The molecular formula is C20H14BrFN4OS. The van der Waals surface area contributed by atoms with Gasteiger partial charge in [0.15, 0.2) is 0 Å². The highest BCUT2D eigenvalue weighted by molar-refractivity contribution is 9.10. The molecule has 140 valence electrons. The van der Waals surface area contributed by atoms with Crippen LogP contribution in [0.3, 0.4) is 0 Å². The smallest absolute Gasteiger partial charge is 0.323 e. The summed E-state index contributed by atoms with van der Waals surface area (Å²) in [5.74, 6) is -0.131. The molecule has 4 N–H and O–H groups in total. The van der Waals surface area contributed by atoms with E-state index in [0.29, 0.717) is 17.1 Å². The molecule has 0 saturated carbocycles. The number of hydrogen-bond donors (Lipinski definition) is 3. The van der Waals surface area contributed by atoms with Gasteiger partial charge in [-0.15, -0.1) is 11.3 Å². The summed E-state index contributed by atoms with van der Waals surface area (Å²) in [6, 6.07) is 13.1. The zero-order valence-electron chi connectivity index (χ0n) is 14.4. The molecule has 0 aliphatic rings. The second kappa shape index (κ2) is 7.57. The van der Waals surface area contributed by atoms with E-state index in [-0.39, 0.29) is 5.69 Å². The predicted molar refractivity (Wildman–Crippen MR) is 116 cm³/mol. The molecule has 2 aromatic carbocycles. The van der Waals surface area contributed by atoms with Gasteiger partial charge in [-0.25, -0.2) is 14.2 Å². The van der Waals surface area contributed by atoms with Gasteiger partial charge in [-0.1, -0.05) is 28.1 Å². The first-order chi connectivity index (χ1) is 13.5. The lowest BCUT2D eigenvalue weighted by atomic mass is 10.0. The molecular weight excluding hydrogens is 443 g/mol. The number of nitrogens with zero attached hydrogens (tertiary/aromatic N) is 1. The van der Waals surface area contributed by atoms with Crippen molar-refractivity contribution in [1.82, 2.24) is 4.98 Å². The van der Waals surface area contributed by atoms with Gasteiger partial charge in [0, 0.05) is 32.0 Å². The van der Waals surface area contributed by atoms with Gasteiger partial charge in [0.05, 0.1) is 5.69 Å². The van der Waals surface area contributed by atoms with E-state index in [4.69, 9.17) is 5.73 Å². The monoisotopic (exact) mass is 456 g/mol. The van der Waals surface area contributed by atoms with Crippen LogP contribution < -0.4 is 16.4 Å². The molecule has 0 saturated heterocycles. The summed E-state index contributed by atoms with van der Waals surface area (Å²) in [6.45, 7) is 0. The number of anilines is 3.